The van der Waals surface area contributed by atoms with Gasteiger partial charge in [0.25, 0.3) is 0 Å². The maximum atomic E-state index is 11.7. The van der Waals surface area contributed by atoms with Crippen LogP contribution >= 0.6 is 0 Å². The highest BCUT2D eigenvalue weighted by Crippen LogP contribution is 2.21. The summed E-state index contributed by atoms with van der Waals surface area (Å²) in [6.07, 6.45) is -4.28. The fourth-order valence-electron chi connectivity index (χ4n) is 0.898. The van der Waals surface area contributed by atoms with Crippen molar-refractivity contribution in [3.05, 3.63) is 0 Å². The molecule has 0 aliphatic rings. The van der Waals surface area contributed by atoms with E-state index in [-0.39, 0.29) is 31.8 Å². The third kappa shape index (κ3) is 9.31. The van der Waals surface area contributed by atoms with Crippen LogP contribution in [0, 0.1) is 0 Å². The average molecular weight is 212 g/mol. The summed E-state index contributed by atoms with van der Waals surface area (Å²) in [4.78, 5) is 10.8. The van der Waals surface area contributed by atoms with Gasteiger partial charge in [0.2, 0.25) is 5.91 Å². The van der Waals surface area contributed by atoms with Gasteiger partial charge in [0, 0.05) is 25.9 Å². The van der Waals surface area contributed by atoms with Crippen molar-refractivity contribution in [2.75, 3.05) is 13.1 Å². The Labute approximate surface area is 80.8 Å². The molecule has 0 aromatic carbocycles. The Bertz CT molecular complexity index is 170. The molecule has 0 heterocycles. The van der Waals surface area contributed by atoms with Crippen molar-refractivity contribution in [2.24, 2.45) is 5.73 Å². The van der Waals surface area contributed by atoms with Crippen LogP contribution in [0.5, 0.6) is 0 Å². The molecule has 0 radical (unpaired) electrons. The van der Waals surface area contributed by atoms with Gasteiger partial charge in [0.15, 0.2) is 0 Å². The predicted molar refractivity (Wildman–Crippen MR) is 46.6 cm³/mol. The van der Waals surface area contributed by atoms with E-state index in [1.54, 1.807) is 0 Å². The summed E-state index contributed by atoms with van der Waals surface area (Å²) < 4.78 is 35.0. The Balaban J connectivity index is 3.26. The van der Waals surface area contributed by atoms with Crippen LogP contribution in [0.3, 0.4) is 0 Å². The smallest absolute Gasteiger partial charge is 0.356 e. The summed E-state index contributed by atoms with van der Waals surface area (Å²) in [5, 5.41) is 2.48. The maximum absolute atomic E-state index is 11.7. The molecule has 14 heavy (non-hydrogen) atoms. The van der Waals surface area contributed by atoms with E-state index in [4.69, 9.17) is 5.73 Å². The highest BCUT2D eigenvalue weighted by molar-refractivity contribution is 5.75. The van der Waals surface area contributed by atoms with Crippen LogP contribution in [-0.4, -0.2) is 25.2 Å². The largest absolute Gasteiger partial charge is 0.389 e. The first-order chi connectivity index (χ1) is 6.45. The highest BCUT2D eigenvalue weighted by Gasteiger charge is 2.25. The monoisotopic (exact) mass is 212 g/mol. The average Bonchev–Trinajstić information content (AvgIpc) is 2.02. The molecule has 0 unspecified atom stereocenters. The van der Waals surface area contributed by atoms with Gasteiger partial charge in [-0.05, 0) is 12.8 Å². The van der Waals surface area contributed by atoms with Gasteiger partial charge in [-0.25, -0.2) is 0 Å². The van der Waals surface area contributed by atoms with Crippen molar-refractivity contribution in [3.8, 4) is 0 Å². The Kier molecular flexibility index (Phi) is 6.27. The quantitative estimate of drug-likeness (QED) is 0.650. The van der Waals surface area contributed by atoms with Crippen molar-refractivity contribution in [2.45, 2.75) is 31.9 Å². The van der Waals surface area contributed by atoms with Crippen molar-refractivity contribution >= 4 is 5.91 Å². The zero-order valence-electron chi connectivity index (χ0n) is 7.86. The topological polar surface area (TPSA) is 55.1 Å². The van der Waals surface area contributed by atoms with E-state index in [0.717, 1.165) is 0 Å². The first kappa shape index (κ1) is 13.2. The van der Waals surface area contributed by atoms with Crippen molar-refractivity contribution in [1.29, 1.82) is 0 Å². The van der Waals surface area contributed by atoms with Gasteiger partial charge in [-0.15, -0.1) is 0 Å². The molecule has 0 atom stereocenters. The minimum Gasteiger partial charge on any atom is -0.356 e. The molecule has 0 aliphatic carbocycles. The van der Waals surface area contributed by atoms with Crippen LogP contribution in [0.2, 0.25) is 0 Å². The Morgan fingerprint density at radius 2 is 1.93 bits per heavy atom. The van der Waals surface area contributed by atoms with Crippen LogP contribution in [0.25, 0.3) is 0 Å². The second kappa shape index (κ2) is 6.64. The molecule has 3 N–H and O–H groups in total. The lowest BCUT2D eigenvalue weighted by Crippen LogP contribution is -2.26. The van der Waals surface area contributed by atoms with Crippen molar-refractivity contribution < 1.29 is 18.0 Å². The maximum Gasteiger partial charge on any atom is 0.389 e. The number of nitrogens with two attached hydrogens (primary N) is 1. The number of nitrogens with one attached hydrogen (secondary N) is 1. The molecule has 0 aromatic rings. The minimum atomic E-state index is -4.10. The molecule has 0 aliphatic heterocycles. The molecule has 6 heteroatoms. The molecule has 0 spiro atoms. The second-order valence-corrected chi connectivity index (χ2v) is 2.96. The standard InChI is InChI=1S/C8H15F3N2O/c9-8(10,11)4-1-2-6-13-7(14)3-5-12/h1-6,12H2,(H,13,14). The molecule has 0 saturated carbocycles. The number of unbranched alkanes of at least 4 members (excludes halogenated alkanes) is 1. The number of carbonyl (C=O) groups is 1. The first-order valence-electron chi connectivity index (χ1n) is 4.49. The molecule has 0 saturated heterocycles. The number of amides is 1. The lowest BCUT2D eigenvalue weighted by atomic mass is 10.2. The van der Waals surface area contributed by atoms with Gasteiger partial charge in [0.1, 0.15) is 0 Å². The minimum absolute atomic E-state index is 0.0480. The summed E-state index contributed by atoms with van der Waals surface area (Å²) in [5.74, 6) is -0.209. The summed E-state index contributed by atoms with van der Waals surface area (Å²) in [7, 11) is 0. The van der Waals surface area contributed by atoms with E-state index in [1.165, 1.54) is 0 Å². The molecule has 1 amide bonds. The van der Waals surface area contributed by atoms with Gasteiger partial charge >= 0.3 is 6.18 Å². The third-order valence-electron chi connectivity index (χ3n) is 1.58. The number of hydrogen-bond donors (Lipinski definition) is 2. The van der Waals surface area contributed by atoms with E-state index in [2.05, 4.69) is 5.32 Å². The number of rotatable bonds is 6. The van der Waals surface area contributed by atoms with E-state index < -0.39 is 12.6 Å². The van der Waals surface area contributed by atoms with Crippen LogP contribution < -0.4 is 11.1 Å². The summed E-state index contributed by atoms with van der Waals surface area (Å²) in [6, 6.07) is 0. The summed E-state index contributed by atoms with van der Waals surface area (Å²) in [5.41, 5.74) is 5.11. The number of carbonyl (C=O) groups excluding carboxylic acids is 1. The normalized spacial score (nSPS) is 11.4. The SMILES string of the molecule is NCCC(=O)NCCCCC(F)(F)F. The van der Waals surface area contributed by atoms with Gasteiger partial charge in [0.05, 0.1) is 0 Å². The summed E-state index contributed by atoms with van der Waals surface area (Å²) in [6.45, 7) is 0.545. The van der Waals surface area contributed by atoms with Gasteiger partial charge in [-0.2, -0.15) is 13.2 Å². The number of halogens is 3. The lowest BCUT2D eigenvalue weighted by molar-refractivity contribution is -0.135. The molecule has 0 aromatic heterocycles. The van der Waals surface area contributed by atoms with Crippen LogP contribution in [-0.2, 0) is 4.79 Å². The zero-order chi connectivity index (χ0) is 11.0. The van der Waals surface area contributed by atoms with E-state index >= 15 is 0 Å². The van der Waals surface area contributed by atoms with Crippen LogP contribution in [0.4, 0.5) is 13.2 Å². The lowest BCUT2D eigenvalue weighted by Gasteiger charge is -2.06. The number of hydrogen-bond acceptors (Lipinski definition) is 2. The fourth-order valence-corrected chi connectivity index (χ4v) is 0.898. The molecule has 84 valence electrons. The van der Waals surface area contributed by atoms with Crippen LogP contribution in [0.1, 0.15) is 25.7 Å². The molecule has 0 rings (SSSR count). The van der Waals surface area contributed by atoms with Crippen LogP contribution in [0.15, 0.2) is 0 Å². The first-order valence-corrected chi connectivity index (χ1v) is 4.49. The van der Waals surface area contributed by atoms with Crippen molar-refractivity contribution in [3.63, 3.8) is 0 Å². The molecule has 0 bridgehead atoms. The van der Waals surface area contributed by atoms with Crippen molar-refractivity contribution in [1.82, 2.24) is 5.32 Å². The van der Waals surface area contributed by atoms with Gasteiger partial charge in [-0.3, -0.25) is 4.79 Å². The Morgan fingerprint density at radius 1 is 1.29 bits per heavy atom. The molecule has 0 fully saturated rings. The number of alkyl halides is 3. The predicted octanol–water partition coefficient (Wildman–Crippen LogP) is 1.18. The van der Waals surface area contributed by atoms with Gasteiger partial charge in [-0.1, -0.05) is 0 Å². The second-order valence-electron chi connectivity index (χ2n) is 2.96. The molecular weight excluding hydrogens is 197 g/mol. The molecular formula is C8H15F3N2O. The van der Waals surface area contributed by atoms with E-state index in [9.17, 15) is 18.0 Å². The highest BCUT2D eigenvalue weighted by atomic mass is 19.4. The van der Waals surface area contributed by atoms with E-state index in [1.807, 2.05) is 0 Å². The van der Waals surface area contributed by atoms with Gasteiger partial charge < -0.3 is 11.1 Å². The third-order valence-corrected chi connectivity index (χ3v) is 1.58. The summed E-state index contributed by atoms with van der Waals surface area (Å²) >= 11 is 0. The molecule has 3 nitrogen and oxygen atoms in total. The fraction of sp³-hybridized carbons (Fsp3) is 0.875. The Hall–Kier alpha value is -0.780. The zero-order valence-corrected chi connectivity index (χ0v) is 7.86. The van der Waals surface area contributed by atoms with E-state index in [0.29, 0.717) is 6.42 Å². The Morgan fingerprint density at radius 3 is 2.43 bits per heavy atom.